The van der Waals surface area contributed by atoms with E-state index in [1.165, 1.54) is 11.3 Å². The van der Waals surface area contributed by atoms with E-state index in [1.54, 1.807) is 0 Å². The highest BCUT2D eigenvalue weighted by Crippen LogP contribution is 2.69. The molecule has 6 aliphatic rings. The Morgan fingerprint density at radius 1 is 1.36 bits per heavy atom. The molecule has 1 aliphatic carbocycles. The molecule has 1 saturated carbocycles. The number of hydrogen-bond donors (Lipinski definition) is 1. The predicted octanol–water partition coefficient (Wildman–Crippen LogP) is 2.34. The second kappa shape index (κ2) is 5.65. The summed E-state index contributed by atoms with van der Waals surface area (Å²) in [5.74, 6) is 0.510. The number of likely N-dealkylation sites (N-methyl/N-ethyl adjacent to an activating group) is 1. The first kappa shape index (κ1) is 17.5. The molecule has 1 aromatic carbocycles. The zero-order valence-electron chi connectivity index (χ0n) is 16.3. The minimum atomic E-state index is -0.382. The van der Waals surface area contributed by atoms with Crippen LogP contribution in [0.5, 0.6) is 0 Å². The summed E-state index contributed by atoms with van der Waals surface area (Å²) in [7, 11) is 2.17. The first-order valence-corrected chi connectivity index (χ1v) is 11.1. The van der Waals surface area contributed by atoms with E-state index in [9.17, 15) is 9.90 Å². The number of carbonyl (C=O) groups excluding carboxylic acids is 1. The van der Waals surface area contributed by atoms with E-state index in [0.29, 0.717) is 12.0 Å². The minimum Gasteiger partial charge on any atom is -0.460 e. The van der Waals surface area contributed by atoms with Crippen LogP contribution in [-0.2, 0) is 14.9 Å². The Bertz CT molecular complexity index is 849. The van der Waals surface area contributed by atoms with Gasteiger partial charge < -0.3 is 14.7 Å². The molecule has 4 saturated heterocycles. The number of rotatable bonds is 3. The van der Waals surface area contributed by atoms with Gasteiger partial charge in [-0.05, 0) is 36.8 Å². The monoisotopic (exact) mass is 402 g/mol. The molecule has 0 amide bonds. The summed E-state index contributed by atoms with van der Waals surface area (Å²) >= 11 is 5.87. The molecular weight excluding hydrogens is 376 g/mol. The molecule has 150 valence electrons. The van der Waals surface area contributed by atoms with Crippen LogP contribution in [0.1, 0.15) is 31.7 Å². The minimum absolute atomic E-state index is 0.107. The molecule has 1 N–H and O–H groups in total. The van der Waals surface area contributed by atoms with Gasteiger partial charge in [0.25, 0.3) is 0 Å². The molecule has 0 aromatic heterocycles. The topological polar surface area (TPSA) is 53.0 Å². The second-order valence-corrected chi connectivity index (χ2v) is 9.67. The van der Waals surface area contributed by atoms with Crippen molar-refractivity contribution in [3.8, 4) is 0 Å². The van der Waals surface area contributed by atoms with E-state index >= 15 is 0 Å². The third-order valence-electron chi connectivity index (χ3n) is 8.79. The van der Waals surface area contributed by atoms with E-state index in [-0.39, 0.29) is 53.5 Å². The fourth-order valence-corrected chi connectivity index (χ4v) is 8.26. The van der Waals surface area contributed by atoms with Gasteiger partial charge in [0.1, 0.15) is 18.2 Å². The van der Waals surface area contributed by atoms with E-state index in [1.807, 2.05) is 0 Å². The highest BCUT2D eigenvalue weighted by molar-refractivity contribution is 6.26. The van der Waals surface area contributed by atoms with Crippen LogP contribution in [0.3, 0.4) is 0 Å². The van der Waals surface area contributed by atoms with Crippen LogP contribution in [0.4, 0.5) is 5.69 Å². The molecule has 5 aliphatic heterocycles. The van der Waals surface area contributed by atoms with Gasteiger partial charge in [-0.2, -0.15) is 0 Å². The van der Waals surface area contributed by atoms with Gasteiger partial charge in [-0.25, -0.2) is 0 Å². The van der Waals surface area contributed by atoms with Gasteiger partial charge in [0.2, 0.25) is 0 Å². The average Bonchev–Trinajstić information content (AvgIpc) is 3.10. The lowest BCUT2D eigenvalue weighted by atomic mass is 9.62. The predicted molar refractivity (Wildman–Crippen MR) is 106 cm³/mol. The molecular formula is C22H27ClN2O3. The Labute approximate surface area is 170 Å². The molecule has 5 heterocycles. The molecule has 5 nitrogen and oxygen atoms in total. The van der Waals surface area contributed by atoms with Crippen molar-refractivity contribution in [1.29, 1.82) is 0 Å². The first-order valence-electron chi connectivity index (χ1n) is 10.6. The van der Waals surface area contributed by atoms with Crippen molar-refractivity contribution in [3.05, 3.63) is 29.8 Å². The maximum atomic E-state index is 12.4. The van der Waals surface area contributed by atoms with Gasteiger partial charge in [0.05, 0.1) is 11.5 Å². The lowest BCUT2D eigenvalue weighted by Gasteiger charge is -2.62. The molecule has 1 unspecified atom stereocenters. The number of halogens is 1. The molecule has 0 radical (unpaired) electrons. The van der Waals surface area contributed by atoms with Crippen LogP contribution >= 0.6 is 11.6 Å². The quantitative estimate of drug-likeness (QED) is 0.621. The third kappa shape index (κ3) is 1.76. The number of esters is 1. The number of ether oxygens (including phenoxy) is 1. The number of hydrogen-bond acceptors (Lipinski definition) is 5. The van der Waals surface area contributed by atoms with E-state index in [0.717, 1.165) is 19.3 Å². The summed E-state index contributed by atoms with van der Waals surface area (Å²) in [5, 5.41) is 11.2. The van der Waals surface area contributed by atoms with Crippen LogP contribution < -0.4 is 4.90 Å². The lowest BCUT2D eigenvalue weighted by molar-refractivity contribution is -0.212. The third-order valence-corrected chi connectivity index (χ3v) is 9.01. The Morgan fingerprint density at radius 2 is 2.14 bits per heavy atom. The molecule has 7 rings (SSSR count). The number of aliphatic hydroxyl groups excluding tert-OH is 1. The fourth-order valence-electron chi connectivity index (χ4n) is 8.20. The first-order chi connectivity index (χ1) is 13.5. The Kier molecular flexibility index (Phi) is 3.54. The van der Waals surface area contributed by atoms with E-state index in [2.05, 4.69) is 48.0 Å². The van der Waals surface area contributed by atoms with Gasteiger partial charge >= 0.3 is 5.97 Å². The van der Waals surface area contributed by atoms with E-state index in [4.69, 9.17) is 16.3 Å². The lowest BCUT2D eigenvalue weighted by Crippen LogP contribution is -2.72. The fraction of sp³-hybridized carbons (Fsp3) is 0.682. The molecule has 5 fully saturated rings. The van der Waals surface area contributed by atoms with Gasteiger partial charge in [-0.15, -0.1) is 11.6 Å². The maximum Gasteiger partial charge on any atom is 0.321 e. The highest BCUT2D eigenvalue weighted by Gasteiger charge is 2.77. The normalized spacial score (nSPS) is 49.3. The van der Waals surface area contributed by atoms with Gasteiger partial charge in [0, 0.05) is 36.7 Å². The number of aliphatic hydroxyl groups is 1. The number of carbonyl (C=O) groups is 1. The second-order valence-electron chi connectivity index (χ2n) is 9.41. The SMILES string of the molecule is CC[C@H]1[C@H]2C[C@H]3[C@@H]4N(C)c5ccccc5[C@]45C[C@@H]([C@H]2[C@H]5OC(=O)CCl)N3[C@@H]1O. The van der Waals surface area contributed by atoms with Crippen molar-refractivity contribution < 1.29 is 14.6 Å². The van der Waals surface area contributed by atoms with Gasteiger partial charge in [0.15, 0.2) is 0 Å². The van der Waals surface area contributed by atoms with Crippen molar-refractivity contribution in [1.82, 2.24) is 4.90 Å². The van der Waals surface area contributed by atoms with Crippen LogP contribution in [0.25, 0.3) is 0 Å². The highest BCUT2D eigenvalue weighted by atomic mass is 35.5. The molecule has 5 bridgehead atoms. The van der Waals surface area contributed by atoms with E-state index < -0.39 is 0 Å². The van der Waals surface area contributed by atoms with Crippen LogP contribution in [-0.4, -0.2) is 59.4 Å². The summed E-state index contributed by atoms with van der Waals surface area (Å²) < 4.78 is 6.19. The number of benzene rings is 1. The molecule has 1 spiro atoms. The average molecular weight is 403 g/mol. The summed E-state index contributed by atoms with van der Waals surface area (Å²) in [6.45, 7) is 2.17. The van der Waals surface area contributed by atoms with Crippen molar-refractivity contribution in [2.75, 3.05) is 17.8 Å². The summed E-state index contributed by atoms with van der Waals surface area (Å²) in [5.41, 5.74) is 2.36. The number of piperidine rings is 4. The van der Waals surface area contributed by atoms with Crippen molar-refractivity contribution in [3.63, 3.8) is 0 Å². The summed E-state index contributed by atoms with van der Waals surface area (Å²) in [6, 6.07) is 9.40. The maximum absolute atomic E-state index is 12.4. The van der Waals surface area contributed by atoms with Crippen molar-refractivity contribution in [2.45, 2.75) is 62.1 Å². The number of fused-ring (bicyclic) bond motifs is 2. The smallest absolute Gasteiger partial charge is 0.321 e. The van der Waals surface area contributed by atoms with Crippen molar-refractivity contribution >= 4 is 23.3 Å². The summed E-state index contributed by atoms with van der Waals surface area (Å²) in [4.78, 5) is 17.2. The van der Waals surface area contributed by atoms with Crippen LogP contribution in [0, 0.1) is 17.8 Å². The van der Waals surface area contributed by atoms with Gasteiger partial charge in [-0.3, -0.25) is 9.69 Å². The van der Waals surface area contributed by atoms with Crippen molar-refractivity contribution in [2.24, 2.45) is 17.8 Å². The van der Waals surface area contributed by atoms with Crippen LogP contribution in [0.2, 0.25) is 0 Å². The Hall–Kier alpha value is -1.30. The largest absolute Gasteiger partial charge is 0.460 e. The zero-order valence-corrected chi connectivity index (χ0v) is 17.0. The number of anilines is 1. The Morgan fingerprint density at radius 3 is 2.89 bits per heavy atom. The van der Waals surface area contributed by atoms with Gasteiger partial charge in [-0.1, -0.05) is 25.1 Å². The number of alkyl halides is 1. The Balaban J connectivity index is 1.57. The molecule has 28 heavy (non-hydrogen) atoms. The number of nitrogens with zero attached hydrogens (tertiary/aromatic N) is 2. The zero-order chi connectivity index (χ0) is 19.4. The molecule has 1 aromatic rings. The van der Waals surface area contributed by atoms with Crippen LogP contribution in [0.15, 0.2) is 24.3 Å². The summed E-state index contributed by atoms with van der Waals surface area (Å²) in [6.07, 6.45) is 2.44. The molecule has 6 heteroatoms. The molecule has 10 atom stereocenters. The number of para-hydroxylation sites is 1. The standard InChI is InChI=1S/C22H27ClN2O3/c1-3-11-12-8-15-19-22(13-6-4-5-7-14(13)24(19)2)9-16(25(15)21(11)27)18(12)20(22)28-17(26)10-23/h4-7,11-12,15-16,18-21,27H,3,8-10H2,1-2H3/t11-,12+,15-,16-,18-,19-,20+,21+,22+/m0/s1.